The summed E-state index contributed by atoms with van der Waals surface area (Å²) in [6, 6.07) is 16.0. The summed E-state index contributed by atoms with van der Waals surface area (Å²) in [5.41, 5.74) is 2.56. The number of fused-ring (bicyclic) bond motifs is 1. The number of pyridine rings is 1. The van der Waals surface area contributed by atoms with Gasteiger partial charge in [-0.2, -0.15) is 15.7 Å². The van der Waals surface area contributed by atoms with E-state index in [-0.39, 0.29) is 17.7 Å². The highest BCUT2D eigenvalue weighted by Crippen LogP contribution is 2.45. The minimum absolute atomic E-state index is 0.185. The van der Waals surface area contributed by atoms with E-state index in [0.29, 0.717) is 44.8 Å². The first-order valence-electron chi connectivity index (χ1n) is 10.2. The third-order valence-electron chi connectivity index (χ3n) is 5.60. The van der Waals surface area contributed by atoms with Gasteiger partial charge in [0.2, 0.25) is 0 Å². The number of hydrogen-bond acceptors (Lipinski definition) is 5. The number of carbonyl (C=O) groups is 1. The number of benzene rings is 2. The van der Waals surface area contributed by atoms with Crippen LogP contribution in [-0.2, 0) is 0 Å². The molecule has 1 saturated heterocycles. The molecule has 1 aliphatic rings. The molecule has 7 nitrogen and oxygen atoms in total. The number of carbonyl (C=O) groups excluding carboxylic acids is 1. The maximum Gasteiger partial charge on any atom is 0.251 e. The van der Waals surface area contributed by atoms with Crippen LogP contribution in [0, 0.1) is 0 Å². The van der Waals surface area contributed by atoms with E-state index in [1.54, 1.807) is 35.0 Å². The van der Waals surface area contributed by atoms with Gasteiger partial charge in [0.1, 0.15) is 5.69 Å². The Morgan fingerprint density at radius 3 is 2.64 bits per heavy atom. The van der Waals surface area contributed by atoms with Gasteiger partial charge in [-0.05, 0) is 42.8 Å². The van der Waals surface area contributed by atoms with E-state index in [2.05, 4.69) is 10.3 Å². The van der Waals surface area contributed by atoms with Crippen molar-refractivity contribution in [3.63, 3.8) is 0 Å². The lowest BCUT2D eigenvalue weighted by Crippen LogP contribution is -2.35. The first kappa shape index (κ1) is 22.2. The minimum atomic E-state index is -2.60. The number of hydrogen-bond donors (Lipinski definition) is 3. The van der Waals surface area contributed by atoms with Crippen LogP contribution in [0.5, 0.6) is 0 Å². The average Bonchev–Trinajstić information content (AvgIpc) is 3.33. The van der Waals surface area contributed by atoms with Gasteiger partial charge in [0, 0.05) is 34.5 Å². The van der Waals surface area contributed by atoms with Crippen molar-refractivity contribution >= 4 is 50.6 Å². The minimum Gasteiger partial charge on any atom is -0.348 e. The van der Waals surface area contributed by atoms with E-state index >= 15 is 0 Å². The van der Waals surface area contributed by atoms with E-state index in [1.807, 2.05) is 24.3 Å². The molecule has 5 rings (SSSR count). The van der Waals surface area contributed by atoms with Crippen LogP contribution in [0.25, 0.3) is 28.0 Å². The predicted molar refractivity (Wildman–Crippen MR) is 133 cm³/mol. The first-order valence-corrected chi connectivity index (χ1v) is 12.9. The van der Waals surface area contributed by atoms with Crippen LogP contribution in [0.2, 0.25) is 10.0 Å². The quantitative estimate of drug-likeness (QED) is 0.334. The van der Waals surface area contributed by atoms with Crippen LogP contribution in [0.3, 0.4) is 0 Å². The van der Waals surface area contributed by atoms with E-state index in [0.717, 1.165) is 10.9 Å². The highest BCUT2D eigenvalue weighted by molar-refractivity contribution is 8.24. The summed E-state index contributed by atoms with van der Waals surface area (Å²) in [6.45, 7) is 0. The van der Waals surface area contributed by atoms with Crippen LogP contribution in [-0.4, -0.2) is 47.3 Å². The second-order valence-corrected chi connectivity index (χ2v) is 11.1. The Bertz CT molecular complexity index is 1360. The molecule has 1 unspecified atom stereocenters. The molecule has 3 heterocycles. The van der Waals surface area contributed by atoms with Crippen molar-refractivity contribution in [3.8, 4) is 17.1 Å². The summed E-state index contributed by atoms with van der Waals surface area (Å²) in [6.07, 6.45) is 2.08. The van der Waals surface area contributed by atoms with Gasteiger partial charge in [-0.15, -0.1) is 0 Å². The lowest BCUT2D eigenvalue weighted by atomic mass is 10.1. The molecule has 4 aromatic rings. The lowest BCUT2D eigenvalue weighted by Gasteiger charge is -2.26. The van der Waals surface area contributed by atoms with Crippen molar-refractivity contribution < 1.29 is 13.9 Å². The highest BCUT2D eigenvalue weighted by atomic mass is 35.5. The molecule has 1 aliphatic heterocycles. The van der Waals surface area contributed by atoms with Crippen LogP contribution in [0.1, 0.15) is 16.8 Å². The number of nitrogens with zero attached hydrogens (tertiary/aromatic N) is 3. The van der Waals surface area contributed by atoms with Gasteiger partial charge in [0.15, 0.2) is 5.82 Å². The number of halogens is 2. The molecule has 2 aromatic carbocycles. The van der Waals surface area contributed by atoms with Crippen LogP contribution in [0.4, 0.5) is 0 Å². The Morgan fingerprint density at radius 1 is 1.12 bits per heavy atom. The molecular formula is C23H20Cl2N4O3S. The monoisotopic (exact) mass is 502 g/mol. The zero-order chi connectivity index (χ0) is 23.2. The summed E-state index contributed by atoms with van der Waals surface area (Å²) in [5.74, 6) is 0.761. The van der Waals surface area contributed by atoms with Crippen molar-refractivity contribution in [2.75, 3.05) is 11.5 Å². The van der Waals surface area contributed by atoms with Crippen molar-refractivity contribution in [3.05, 3.63) is 76.4 Å². The molecular weight excluding hydrogens is 483 g/mol. The van der Waals surface area contributed by atoms with Crippen molar-refractivity contribution in [2.45, 2.75) is 12.5 Å². The number of rotatable bonds is 4. The Morgan fingerprint density at radius 2 is 1.94 bits per heavy atom. The zero-order valence-corrected chi connectivity index (χ0v) is 19.6. The van der Waals surface area contributed by atoms with Crippen LogP contribution < -0.4 is 5.32 Å². The van der Waals surface area contributed by atoms with Crippen molar-refractivity contribution in [2.24, 2.45) is 0 Å². The van der Waals surface area contributed by atoms with Gasteiger partial charge in [-0.1, -0.05) is 41.4 Å². The molecule has 0 aliphatic carbocycles. The zero-order valence-electron chi connectivity index (χ0n) is 17.3. The van der Waals surface area contributed by atoms with Gasteiger partial charge in [0.25, 0.3) is 5.91 Å². The lowest BCUT2D eigenvalue weighted by molar-refractivity contribution is 0.0941. The maximum absolute atomic E-state index is 12.9. The average molecular weight is 503 g/mol. The van der Waals surface area contributed by atoms with Crippen molar-refractivity contribution in [1.82, 2.24) is 20.1 Å². The Balaban J connectivity index is 1.59. The Hall–Kier alpha value is -2.62. The summed E-state index contributed by atoms with van der Waals surface area (Å²) in [7, 11) is -2.60. The maximum atomic E-state index is 12.9. The molecule has 0 radical (unpaired) electrons. The van der Waals surface area contributed by atoms with Crippen LogP contribution in [0.15, 0.2) is 60.8 Å². The smallest absolute Gasteiger partial charge is 0.251 e. The Labute approximate surface area is 201 Å². The third kappa shape index (κ3) is 4.45. The standard InChI is InChI=1S/C23H20Cl2N4O3S/c24-15-6-8-21(26-12-15)29-20-11-14(23(30)27-16-9-10-33(31,32)13-16)5-7-18(20)22(28-29)17-3-1-2-4-19(17)25/h1-8,11-12,16,31-32H,9-10,13H2,(H,27,30). The Kier molecular flexibility index (Phi) is 5.80. The largest absolute Gasteiger partial charge is 0.348 e. The molecule has 0 spiro atoms. The van der Waals surface area contributed by atoms with E-state index < -0.39 is 10.6 Å². The highest BCUT2D eigenvalue weighted by Gasteiger charge is 2.29. The fourth-order valence-corrected chi connectivity index (χ4v) is 6.04. The first-order chi connectivity index (χ1) is 15.8. The summed E-state index contributed by atoms with van der Waals surface area (Å²) in [4.78, 5) is 17.3. The second-order valence-electron chi connectivity index (χ2n) is 7.94. The predicted octanol–water partition coefficient (Wildman–Crippen LogP) is 5.65. The molecule has 3 N–H and O–H groups in total. The van der Waals surface area contributed by atoms with Gasteiger partial charge >= 0.3 is 0 Å². The topological polar surface area (TPSA) is 100 Å². The van der Waals surface area contributed by atoms with Gasteiger partial charge < -0.3 is 5.32 Å². The van der Waals surface area contributed by atoms with Gasteiger partial charge in [-0.3, -0.25) is 13.9 Å². The van der Waals surface area contributed by atoms with E-state index in [1.165, 1.54) is 6.20 Å². The number of aromatic nitrogens is 3. The molecule has 33 heavy (non-hydrogen) atoms. The van der Waals surface area contributed by atoms with Crippen LogP contribution >= 0.6 is 33.8 Å². The normalized spacial score (nSPS) is 18.4. The molecule has 2 aromatic heterocycles. The van der Waals surface area contributed by atoms with Crippen molar-refractivity contribution in [1.29, 1.82) is 0 Å². The molecule has 1 fully saturated rings. The molecule has 0 saturated carbocycles. The third-order valence-corrected chi connectivity index (χ3v) is 7.98. The summed E-state index contributed by atoms with van der Waals surface area (Å²) < 4.78 is 21.4. The number of nitrogens with one attached hydrogen (secondary N) is 1. The molecule has 1 amide bonds. The fourth-order valence-electron chi connectivity index (χ4n) is 3.98. The molecule has 10 heteroatoms. The summed E-state index contributed by atoms with van der Waals surface area (Å²) >= 11 is 12.5. The summed E-state index contributed by atoms with van der Waals surface area (Å²) in [5, 5.41) is 9.56. The fraction of sp³-hybridized carbons (Fsp3) is 0.174. The second kappa shape index (κ2) is 8.62. The van der Waals surface area contributed by atoms with E-state index in [4.69, 9.17) is 28.3 Å². The molecule has 1 atom stereocenters. The number of amides is 1. The SMILES string of the molecule is O=C(NC1CCS(O)(O)C1)c1ccc2c(-c3ccccc3Cl)nn(-c3ccc(Cl)cn3)c2c1. The molecule has 0 bridgehead atoms. The van der Waals surface area contributed by atoms with Gasteiger partial charge in [-0.25, -0.2) is 9.67 Å². The van der Waals surface area contributed by atoms with E-state index in [9.17, 15) is 13.9 Å². The molecule has 170 valence electrons. The van der Waals surface area contributed by atoms with Gasteiger partial charge in [0.05, 0.1) is 21.3 Å².